The van der Waals surface area contributed by atoms with Crippen molar-refractivity contribution >= 4 is 17.2 Å². The SMILES string of the molecule is Cc1ccc(C(=O)N[C@@H](c2ccccc2)c2cccs2)o1. The highest BCUT2D eigenvalue weighted by Gasteiger charge is 2.20. The van der Waals surface area contributed by atoms with Crippen LogP contribution in [0.2, 0.25) is 0 Å². The summed E-state index contributed by atoms with van der Waals surface area (Å²) < 4.78 is 5.39. The van der Waals surface area contributed by atoms with Crippen LogP contribution in [0.3, 0.4) is 0 Å². The summed E-state index contributed by atoms with van der Waals surface area (Å²) in [5, 5.41) is 5.05. The van der Waals surface area contributed by atoms with Gasteiger partial charge in [-0.1, -0.05) is 36.4 Å². The number of furan rings is 1. The van der Waals surface area contributed by atoms with Gasteiger partial charge in [0.05, 0.1) is 6.04 Å². The van der Waals surface area contributed by atoms with Crippen molar-refractivity contribution in [2.24, 2.45) is 0 Å². The number of hydrogen-bond acceptors (Lipinski definition) is 3. The van der Waals surface area contributed by atoms with Gasteiger partial charge in [0.25, 0.3) is 5.91 Å². The predicted molar refractivity (Wildman–Crippen MR) is 83.5 cm³/mol. The van der Waals surface area contributed by atoms with Gasteiger partial charge in [-0.05, 0) is 36.1 Å². The molecule has 106 valence electrons. The average Bonchev–Trinajstić information content (AvgIpc) is 3.17. The minimum atomic E-state index is -0.203. The average molecular weight is 297 g/mol. The van der Waals surface area contributed by atoms with E-state index in [0.29, 0.717) is 5.76 Å². The van der Waals surface area contributed by atoms with Crippen LogP contribution in [0.4, 0.5) is 0 Å². The molecule has 0 bridgehead atoms. The topological polar surface area (TPSA) is 42.2 Å². The maximum Gasteiger partial charge on any atom is 0.287 e. The number of rotatable bonds is 4. The van der Waals surface area contributed by atoms with Crippen molar-refractivity contribution in [3.8, 4) is 0 Å². The standard InChI is InChI=1S/C17H15NO2S/c1-12-9-10-14(20-12)17(19)18-16(15-8-5-11-21-15)13-6-3-2-4-7-13/h2-11,16H,1H3,(H,18,19)/t16-/m0/s1. The number of carbonyl (C=O) groups excluding carboxylic acids is 1. The molecule has 0 aliphatic rings. The monoisotopic (exact) mass is 297 g/mol. The highest BCUT2D eigenvalue weighted by Crippen LogP contribution is 2.26. The summed E-state index contributed by atoms with van der Waals surface area (Å²) in [4.78, 5) is 13.4. The van der Waals surface area contributed by atoms with E-state index in [1.165, 1.54) is 0 Å². The molecule has 2 heterocycles. The minimum Gasteiger partial charge on any atom is -0.456 e. The van der Waals surface area contributed by atoms with Crippen LogP contribution in [0.5, 0.6) is 0 Å². The van der Waals surface area contributed by atoms with Crippen molar-refractivity contribution in [2.45, 2.75) is 13.0 Å². The second-order valence-corrected chi connectivity index (χ2v) is 5.72. The Balaban J connectivity index is 1.88. The normalized spacial score (nSPS) is 12.0. The molecule has 3 aromatic rings. The fraction of sp³-hybridized carbons (Fsp3) is 0.118. The van der Waals surface area contributed by atoms with E-state index in [1.807, 2.05) is 54.8 Å². The summed E-state index contributed by atoms with van der Waals surface area (Å²) in [7, 11) is 0. The van der Waals surface area contributed by atoms with E-state index in [9.17, 15) is 4.79 Å². The number of aryl methyl sites for hydroxylation is 1. The third-order valence-electron chi connectivity index (χ3n) is 3.20. The van der Waals surface area contributed by atoms with Crippen LogP contribution in [0.15, 0.2) is 64.4 Å². The molecule has 0 saturated heterocycles. The van der Waals surface area contributed by atoms with Crippen molar-refractivity contribution in [3.63, 3.8) is 0 Å². The van der Waals surface area contributed by atoms with Crippen molar-refractivity contribution in [1.82, 2.24) is 5.32 Å². The van der Waals surface area contributed by atoms with Crippen molar-refractivity contribution in [2.75, 3.05) is 0 Å². The molecular formula is C17H15NO2S. The summed E-state index contributed by atoms with van der Waals surface area (Å²) >= 11 is 1.62. The van der Waals surface area contributed by atoms with Crippen molar-refractivity contribution < 1.29 is 9.21 Å². The summed E-state index contributed by atoms with van der Waals surface area (Å²) in [5.41, 5.74) is 1.05. The molecule has 1 aromatic carbocycles. The first-order valence-electron chi connectivity index (χ1n) is 6.69. The number of carbonyl (C=O) groups is 1. The van der Waals surface area contributed by atoms with Gasteiger partial charge in [0.15, 0.2) is 5.76 Å². The van der Waals surface area contributed by atoms with Crippen LogP contribution in [-0.2, 0) is 0 Å². The molecule has 0 spiro atoms. The molecule has 0 aliphatic heterocycles. The number of nitrogens with one attached hydrogen (secondary N) is 1. The summed E-state index contributed by atoms with van der Waals surface area (Å²) in [5.74, 6) is 0.864. The van der Waals surface area contributed by atoms with Gasteiger partial charge in [-0.3, -0.25) is 4.79 Å². The van der Waals surface area contributed by atoms with E-state index >= 15 is 0 Å². The zero-order valence-electron chi connectivity index (χ0n) is 11.6. The van der Waals surface area contributed by atoms with Crippen LogP contribution in [-0.4, -0.2) is 5.91 Å². The largest absolute Gasteiger partial charge is 0.456 e. The van der Waals surface area contributed by atoms with Crippen LogP contribution in [0.25, 0.3) is 0 Å². The van der Waals surface area contributed by atoms with Crippen molar-refractivity contribution in [1.29, 1.82) is 0 Å². The quantitative estimate of drug-likeness (QED) is 0.785. The summed E-state index contributed by atoms with van der Waals surface area (Å²) in [6.07, 6.45) is 0. The lowest BCUT2D eigenvalue weighted by molar-refractivity contribution is 0.0914. The molecule has 1 N–H and O–H groups in total. The third kappa shape index (κ3) is 3.06. The molecule has 1 amide bonds. The molecular weight excluding hydrogens is 282 g/mol. The van der Waals surface area contributed by atoms with E-state index in [0.717, 1.165) is 16.2 Å². The zero-order valence-corrected chi connectivity index (χ0v) is 12.4. The van der Waals surface area contributed by atoms with Gasteiger partial charge >= 0.3 is 0 Å². The fourth-order valence-electron chi connectivity index (χ4n) is 2.18. The Kier molecular flexibility index (Phi) is 3.88. The first-order chi connectivity index (χ1) is 10.2. The highest BCUT2D eigenvalue weighted by atomic mass is 32.1. The Bertz CT molecular complexity index is 716. The van der Waals surface area contributed by atoms with E-state index in [4.69, 9.17) is 4.42 Å². The Morgan fingerprint density at radius 3 is 2.52 bits per heavy atom. The predicted octanol–water partition coefficient (Wildman–Crippen LogP) is 4.17. The molecule has 1 atom stereocenters. The molecule has 3 rings (SSSR count). The molecule has 0 fully saturated rings. The molecule has 2 aromatic heterocycles. The smallest absolute Gasteiger partial charge is 0.287 e. The second-order valence-electron chi connectivity index (χ2n) is 4.74. The van der Waals surface area contributed by atoms with Crippen LogP contribution in [0.1, 0.15) is 32.8 Å². The molecule has 4 heteroatoms. The molecule has 0 aliphatic carbocycles. The lowest BCUT2D eigenvalue weighted by atomic mass is 10.1. The fourth-order valence-corrected chi connectivity index (χ4v) is 2.98. The van der Waals surface area contributed by atoms with Gasteiger partial charge in [-0.15, -0.1) is 11.3 Å². The number of hydrogen-bond donors (Lipinski definition) is 1. The maximum absolute atomic E-state index is 12.3. The second kappa shape index (κ2) is 5.97. The van der Waals surface area contributed by atoms with Crippen LogP contribution in [0, 0.1) is 6.92 Å². The first kappa shape index (κ1) is 13.6. The number of benzene rings is 1. The van der Waals surface area contributed by atoms with E-state index in [1.54, 1.807) is 23.5 Å². The first-order valence-corrected chi connectivity index (χ1v) is 7.57. The summed E-state index contributed by atoms with van der Waals surface area (Å²) in [6, 6.07) is 17.3. The lowest BCUT2D eigenvalue weighted by Gasteiger charge is -2.17. The van der Waals surface area contributed by atoms with Gasteiger partial charge < -0.3 is 9.73 Å². The highest BCUT2D eigenvalue weighted by molar-refractivity contribution is 7.10. The zero-order chi connectivity index (χ0) is 14.7. The minimum absolute atomic E-state index is 0.163. The van der Waals surface area contributed by atoms with Crippen LogP contribution < -0.4 is 5.32 Å². The van der Waals surface area contributed by atoms with Crippen LogP contribution >= 0.6 is 11.3 Å². The van der Waals surface area contributed by atoms with E-state index in [-0.39, 0.29) is 11.9 Å². The Labute approximate surface area is 127 Å². The van der Waals surface area contributed by atoms with Gasteiger partial charge in [-0.25, -0.2) is 0 Å². The van der Waals surface area contributed by atoms with Gasteiger partial charge in [0.1, 0.15) is 5.76 Å². The van der Waals surface area contributed by atoms with E-state index < -0.39 is 0 Å². The molecule has 3 nitrogen and oxygen atoms in total. The lowest BCUT2D eigenvalue weighted by Crippen LogP contribution is -2.28. The van der Waals surface area contributed by atoms with Gasteiger partial charge in [-0.2, -0.15) is 0 Å². The van der Waals surface area contributed by atoms with E-state index in [2.05, 4.69) is 5.32 Å². The van der Waals surface area contributed by atoms with Gasteiger partial charge in [0.2, 0.25) is 0 Å². The Morgan fingerprint density at radius 1 is 1.10 bits per heavy atom. The number of thiophene rings is 1. The van der Waals surface area contributed by atoms with Gasteiger partial charge in [0, 0.05) is 4.88 Å². The molecule has 21 heavy (non-hydrogen) atoms. The van der Waals surface area contributed by atoms with Crippen molar-refractivity contribution in [3.05, 3.63) is 81.9 Å². The Morgan fingerprint density at radius 2 is 1.90 bits per heavy atom. The maximum atomic E-state index is 12.3. The third-order valence-corrected chi connectivity index (χ3v) is 4.14. The molecule has 0 radical (unpaired) electrons. The summed E-state index contributed by atoms with van der Waals surface area (Å²) in [6.45, 7) is 1.82. The molecule has 0 saturated carbocycles. The Hall–Kier alpha value is -2.33. The number of amides is 1. The molecule has 0 unspecified atom stereocenters.